The van der Waals surface area contributed by atoms with Crippen LogP contribution in [-0.2, 0) is 14.9 Å². The predicted octanol–water partition coefficient (Wildman–Crippen LogP) is 2.63. The van der Waals surface area contributed by atoms with E-state index < -0.39 is 10.3 Å². The lowest BCUT2D eigenvalue weighted by Crippen LogP contribution is -2.52. The molecule has 25 heavy (non-hydrogen) atoms. The second kappa shape index (κ2) is 7.28. The normalized spacial score (nSPS) is 23.2. The van der Waals surface area contributed by atoms with E-state index in [1.54, 1.807) is 25.3 Å². The van der Waals surface area contributed by atoms with Crippen molar-refractivity contribution >= 4 is 23.0 Å². The highest BCUT2D eigenvalue weighted by molar-refractivity contribution is 7.09. The maximum absolute atomic E-state index is 13.1. The fourth-order valence-corrected chi connectivity index (χ4v) is 4.28. The highest BCUT2D eigenvalue weighted by Gasteiger charge is 2.51. The number of nitrogens with one attached hydrogen (secondary N) is 1. The average Bonchev–Trinajstić information content (AvgIpc) is 3.16. The Bertz CT molecular complexity index is 765. The number of benzene rings is 1. The van der Waals surface area contributed by atoms with E-state index in [-0.39, 0.29) is 24.2 Å². The molecular formula is C17H19N3O4S. The second-order valence-electron chi connectivity index (χ2n) is 5.88. The number of esters is 1. The molecule has 2 heterocycles. The Hall–Kier alpha value is -2.32. The lowest BCUT2D eigenvalue weighted by molar-refractivity contribution is -0.385. The smallest absolute Gasteiger partial charge is 0.317 e. The zero-order chi connectivity index (χ0) is 17.9. The van der Waals surface area contributed by atoms with Gasteiger partial charge in [-0.3, -0.25) is 14.9 Å². The van der Waals surface area contributed by atoms with Crippen LogP contribution in [0.4, 0.5) is 5.69 Å². The van der Waals surface area contributed by atoms with Crippen molar-refractivity contribution in [1.82, 2.24) is 10.3 Å². The number of ether oxygens (including phenoxy) is 1. The molecule has 2 unspecified atom stereocenters. The third-order valence-corrected chi connectivity index (χ3v) is 5.49. The first-order valence-corrected chi connectivity index (χ1v) is 9.00. The zero-order valence-electron chi connectivity index (χ0n) is 13.8. The van der Waals surface area contributed by atoms with E-state index in [1.807, 2.05) is 5.38 Å². The van der Waals surface area contributed by atoms with E-state index in [4.69, 9.17) is 4.74 Å². The third-order valence-electron chi connectivity index (χ3n) is 4.60. The molecule has 132 valence electrons. The number of carbonyl (C=O) groups is 1. The number of hydrogen-bond acceptors (Lipinski definition) is 7. The number of thiazole rings is 1. The minimum atomic E-state index is -0.981. The van der Waals surface area contributed by atoms with E-state index in [0.717, 1.165) is 5.01 Å². The zero-order valence-corrected chi connectivity index (χ0v) is 14.6. The summed E-state index contributed by atoms with van der Waals surface area (Å²) in [6.45, 7) is 3.21. The minimum absolute atomic E-state index is 0.0300. The molecule has 0 saturated carbocycles. The first kappa shape index (κ1) is 17.5. The first-order valence-electron chi connectivity index (χ1n) is 8.12. The highest BCUT2D eigenvalue weighted by atomic mass is 32.1. The minimum Gasteiger partial charge on any atom is -0.465 e. The van der Waals surface area contributed by atoms with E-state index in [9.17, 15) is 14.9 Å². The Morgan fingerprint density at radius 2 is 2.40 bits per heavy atom. The summed E-state index contributed by atoms with van der Waals surface area (Å²) in [4.78, 5) is 28.2. The lowest BCUT2D eigenvalue weighted by Gasteiger charge is -2.41. The molecule has 3 rings (SSSR count). The molecule has 7 nitrogen and oxygen atoms in total. The van der Waals surface area contributed by atoms with E-state index in [2.05, 4.69) is 10.3 Å². The fourth-order valence-electron chi connectivity index (χ4n) is 3.45. The Labute approximate surface area is 149 Å². The molecule has 0 aliphatic carbocycles. The predicted molar refractivity (Wildman–Crippen MR) is 93.7 cm³/mol. The maximum atomic E-state index is 13.1. The van der Waals surface area contributed by atoms with Crippen LogP contribution in [0.2, 0.25) is 0 Å². The van der Waals surface area contributed by atoms with Crippen molar-refractivity contribution in [2.75, 3.05) is 19.7 Å². The molecule has 8 heteroatoms. The van der Waals surface area contributed by atoms with Gasteiger partial charge in [-0.15, -0.1) is 11.3 Å². The Balaban J connectivity index is 2.17. The van der Waals surface area contributed by atoms with Crippen molar-refractivity contribution in [3.05, 3.63) is 56.5 Å². The van der Waals surface area contributed by atoms with Gasteiger partial charge in [-0.2, -0.15) is 0 Å². The van der Waals surface area contributed by atoms with E-state index in [0.29, 0.717) is 25.1 Å². The van der Waals surface area contributed by atoms with E-state index >= 15 is 0 Å². The van der Waals surface area contributed by atoms with Gasteiger partial charge < -0.3 is 10.1 Å². The molecular weight excluding hydrogens is 342 g/mol. The van der Waals surface area contributed by atoms with Crippen molar-refractivity contribution in [2.45, 2.75) is 24.7 Å². The van der Waals surface area contributed by atoms with Crippen LogP contribution >= 0.6 is 11.3 Å². The molecule has 0 amide bonds. The highest BCUT2D eigenvalue weighted by Crippen LogP contribution is 2.45. The summed E-state index contributed by atoms with van der Waals surface area (Å²) in [6, 6.07) is 6.32. The molecule has 1 aromatic heterocycles. The average molecular weight is 361 g/mol. The Morgan fingerprint density at radius 3 is 3.08 bits per heavy atom. The van der Waals surface area contributed by atoms with E-state index in [1.165, 1.54) is 23.5 Å². The summed E-state index contributed by atoms with van der Waals surface area (Å²) in [7, 11) is 0. The number of nitrogens with zero attached hydrogens (tertiary/aromatic N) is 2. The van der Waals surface area contributed by atoms with Crippen LogP contribution in [0.3, 0.4) is 0 Å². The van der Waals surface area contributed by atoms with Crippen LogP contribution in [0.1, 0.15) is 29.8 Å². The molecule has 2 aromatic rings. The number of nitro benzene ring substituents is 1. The van der Waals surface area contributed by atoms with Gasteiger partial charge in [0.1, 0.15) is 5.41 Å². The van der Waals surface area contributed by atoms with Crippen LogP contribution in [-0.4, -0.2) is 35.6 Å². The van der Waals surface area contributed by atoms with Crippen molar-refractivity contribution < 1.29 is 14.5 Å². The Kier molecular flexibility index (Phi) is 5.10. The van der Waals surface area contributed by atoms with Gasteiger partial charge in [-0.1, -0.05) is 12.1 Å². The number of rotatable bonds is 5. The summed E-state index contributed by atoms with van der Waals surface area (Å²) < 4.78 is 5.41. The van der Waals surface area contributed by atoms with Gasteiger partial charge in [0.25, 0.3) is 5.69 Å². The van der Waals surface area contributed by atoms with Gasteiger partial charge in [-0.25, -0.2) is 4.98 Å². The summed E-state index contributed by atoms with van der Waals surface area (Å²) >= 11 is 1.48. The van der Waals surface area contributed by atoms with Crippen molar-refractivity contribution in [3.63, 3.8) is 0 Å². The van der Waals surface area contributed by atoms with Crippen LogP contribution in [0.25, 0.3) is 0 Å². The van der Waals surface area contributed by atoms with Crippen LogP contribution in [0, 0.1) is 10.1 Å². The molecule has 1 saturated heterocycles. The van der Waals surface area contributed by atoms with Crippen molar-refractivity contribution in [1.29, 1.82) is 0 Å². The van der Waals surface area contributed by atoms with Gasteiger partial charge in [0.05, 0.1) is 16.5 Å². The lowest BCUT2D eigenvalue weighted by atomic mass is 9.66. The largest absolute Gasteiger partial charge is 0.465 e. The fraction of sp³-hybridized carbons (Fsp3) is 0.412. The molecule has 0 spiro atoms. The number of hydrogen-bond donors (Lipinski definition) is 1. The first-order chi connectivity index (χ1) is 12.1. The van der Waals surface area contributed by atoms with Crippen LogP contribution < -0.4 is 5.32 Å². The molecule has 1 aliphatic heterocycles. The quantitative estimate of drug-likeness (QED) is 0.500. The van der Waals surface area contributed by atoms with Crippen LogP contribution in [0.15, 0.2) is 35.8 Å². The maximum Gasteiger partial charge on any atom is 0.317 e. The molecule has 1 fully saturated rings. The summed E-state index contributed by atoms with van der Waals surface area (Å²) in [5.41, 5.74) is -0.398. The second-order valence-corrected chi connectivity index (χ2v) is 6.80. The number of aromatic nitrogens is 1. The molecule has 1 aromatic carbocycles. The van der Waals surface area contributed by atoms with Crippen LogP contribution in [0.5, 0.6) is 0 Å². The topological polar surface area (TPSA) is 94.4 Å². The number of nitro groups is 1. The SMILES string of the molecule is CCOC(=O)C1(c2cccc([N+](=O)[O-])c2)CCNCC1c1nccs1. The summed E-state index contributed by atoms with van der Waals surface area (Å²) in [6.07, 6.45) is 2.20. The number of piperidine rings is 1. The van der Waals surface area contributed by atoms with Gasteiger partial charge in [0.2, 0.25) is 0 Å². The van der Waals surface area contributed by atoms with Gasteiger partial charge in [-0.05, 0) is 25.5 Å². The molecule has 0 radical (unpaired) electrons. The summed E-state index contributed by atoms with van der Waals surface area (Å²) in [5.74, 6) is -0.584. The van der Waals surface area contributed by atoms with Gasteiger partial charge >= 0.3 is 5.97 Å². The standard InChI is InChI=1S/C17H19N3O4S/c1-2-24-16(21)17(12-4-3-5-13(10-12)20(22)23)6-7-18-11-14(17)15-19-8-9-25-15/h3-5,8-10,14,18H,2,6-7,11H2,1H3. The summed E-state index contributed by atoms with van der Waals surface area (Å²) in [5, 5.41) is 17.2. The molecule has 1 N–H and O–H groups in total. The number of non-ortho nitro benzene ring substituents is 1. The monoisotopic (exact) mass is 361 g/mol. The number of carbonyl (C=O) groups excluding carboxylic acids is 1. The third kappa shape index (κ3) is 3.14. The van der Waals surface area contributed by atoms with Crippen molar-refractivity contribution in [2.24, 2.45) is 0 Å². The van der Waals surface area contributed by atoms with Gasteiger partial charge in [0, 0.05) is 36.2 Å². The Morgan fingerprint density at radius 1 is 1.56 bits per heavy atom. The van der Waals surface area contributed by atoms with Crippen molar-refractivity contribution in [3.8, 4) is 0 Å². The van der Waals surface area contributed by atoms with Gasteiger partial charge in [0.15, 0.2) is 0 Å². The molecule has 0 bridgehead atoms. The molecule has 2 atom stereocenters. The molecule has 1 aliphatic rings.